The molecule has 0 aromatic carbocycles. The van der Waals surface area contributed by atoms with Gasteiger partial charge in [0, 0.05) is 13.5 Å². The predicted molar refractivity (Wildman–Crippen MR) is 62.8 cm³/mol. The highest BCUT2D eigenvalue weighted by molar-refractivity contribution is 4.94. The van der Waals surface area contributed by atoms with Crippen LogP contribution in [0.5, 0.6) is 0 Å². The number of hydrogen-bond donors (Lipinski definition) is 0. The fourth-order valence-electron chi connectivity index (χ4n) is 1.37. The summed E-state index contributed by atoms with van der Waals surface area (Å²) in [6, 6.07) is 0. The molecule has 4 heteroatoms. The van der Waals surface area contributed by atoms with E-state index in [1.807, 2.05) is 0 Å². The molecule has 0 amide bonds. The number of ether oxygens (including phenoxy) is 4. The molecule has 0 bridgehead atoms. The van der Waals surface area contributed by atoms with Gasteiger partial charge >= 0.3 is 5.95 Å². The molecule has 0 saturated heterocycles. The zero-order valence-corrected chi connectivity index (χ0v) is 10.9. The molecule has 0 N–H and O–H groups in total. The molecule has 0 rings (SSSR count). The van der Waals surface area contributed by atoms with Crippen LogP contribution >= 0.6 is 0 Å². The Balaban J connectivity index is 4.10. The SMILES string of the molecule is CCCCCC/C(OC)=C(\OC)OCOC. The lowest BCUT2D eigenvalue weighted by atomic mass is 10.1. The Morgan fingerprint density at radius 1 is 0.938 bits per heavy atom. The van der Waals surface area contributed by atoms with Gasteiger partial charge in [-0.05, 0) is 6.42 Å². The monoisotopic (exact) mass is 232 g/mol. The summed E-state index contributed by atoms with van der Waals surface area (Å²) in [5, 5.41) is 0. The highest BCUT2D eigenvalue weighted by Gasteiger charge is 2.09. The average Bonchev–Trinajstić information content (AvgIpc) is 2.32. The zero-order chi connectivity index (χ0) is 12.2. The maximum atomic E-state index is 5.26. The molecular formula is C12H24O4. The Labute approximate surface area is 98.5 Å². The van der Waals surface area contributed by atoms with Gasteiger partial charge in [-0.2, -0.15) is 0 Å². The van der Waals surface area contributed by atoms with Gasteiger partial charge in [0.2, 0.25) is 0 Å². The van der Waals surface area contributed by atoms with E-state index < -0.39 is 0 Å². The van der Waals surface area contributed by atoms with Crippen LogP contribution in [0.15, 0.2) is 11.7 Å². The summed E-state index contributed by atoms with van der Waals surface area (Å²) in [5.41, 5.74) is 0. The Hall–Kier alpha value is -0.900. The summed E-state index contributed by atoms with van der Waals surface area (Å²) in [6.07, 6.45) is 5.59. The van der Waals surface area contributed by atoms with Crippen molar-refractivity contribution in [1.82, 2.24) is 0 Å². The molecule has 0 aromatic heterocycles. The van der Waals surface area contributed by atoms with Gasteiger partial charge in [0.25, 0.3) is 0 Å². The number of unbranched alkanes of at least 4 members (excludes halogenated alkanes) is 3. The first-order valence-electron chi connectivity index (χ1n) is 5.73. The Morgan fingerprint density at radius 2 is 1.69 bits per heavy atom. The third kappa shape index (κ3) is 6.56. The molecule has 0 heterocycles. The molecule has 0 atom stereocenters. The molecule has 4 nitrogen and oxygen atoms in total. The molecule has 0 aliphatic heterocycles. The van der Waals surface area contributed by atoms with E-state index in [0.29, 0.717) is 5.95 Å². The van der Waals surface area contributed by atoms with E-state index in [9.17, 15) is 0 Å². The lowest BCUT2D eigenvalue weighted by molar-refractivity contribution is -0.0570. The van der Waals surface area contributed by atoms with Crippen LogP contribution in [0.2, 0.25) is 0 Å². The summed E-state index contributed by atoms with van der Waals surface area (Å²) < 4.78 is 20.5. The Kier molecular flexibility index (Phi) is 10.0. The summed E-state index contributed by atoms with van der Waals surface area (Å²) in [4.78, 5) is 0. The van der Waals surface area contributed by atoms with Gasteiger partial charge < -0.3 is 18.9 Å². The van der Waals surface area contributed by atoms with Gasteiger partial charge in [0.1, 0.15) is 0 Å². The lowest BCUT2D eigenvalue weighted by Gasteiger charge is -2.13. The molecular weight excluding hydrogens is 208 g/mol. The maximum absolute atomic E-state index is 5.26. The zero-order valence-electron chi connectivity index (χ0n) is 10.9. The molecule has 0 unspecified atom stereocenters. The largest absolute Gasteiger partial charge is 0.494 e. The second-order valence-electron chi connectivity index (χ2n) is 3.48. The van der Waals surface area contributed by atoms with E-state index in [4.69, 9.17) is 18.9 Å². The first kappa shape index (κ1) is 15.1. The van der Waals surface area contributed by atoms with Crippen LogP contribution in [-0.4, -0.2) is 28.1 Å². The topological polar surface area (TPSA) is 36.9 Å². The van der Waals surface area contributed by atoms with Crippen molar-refractivity contribution < 1.29 is 18.9 Å². The van der Waals surface area contributed by atoms with Crippen LogP contribution in [0.3, 0.4) is 0 Å². The van der Waals surface area contributed by atoms with Crippen molar-refractivity contribution >= 4 is 0 Å². The van der Waals surface area contributed by atoms with Crippen molar-refractivity contribution in [1.29, 1.82) is 0 Å². The van der Waals surface area contributed by atoms with Crippen molar-refractivity contribution in [3.8, 4) is 0 Å². The van der Waals surface area contributed by atoms with Crippen LogP contribution in [0, 0.1) is 0 Å². The van der Waals surface area contributed by atoms with Gasteiger partial charge in [-0.1, -0.05) is 26.2 Å². The lowest BCUT2D eigenvalue weighted by Crippen LogP contribution is -2.04. The first-order valence-corrected chi connectivity index (χ1v) is 5.73. The van der Waals surface area contributed by atoms with Crippen molar-refractivity contribution in [2.75, 3.05) is 28.1 Å². The number of allylic oxidation sites excluding steroid dienone is 1. The van der Waals surface area contributed by atoms with Crippen LogP contribution in [0.25, 0.3) is 0 Å². The molecule has 0 aliphatic rings. The maximum Gasteiger partial charge on any atom is 0.320 e. The fourth-order valence-corrected chi connectivity index (χ4v) is 1.37. The minimum Gasteiger partial charge on any atom is -0.494 e. The van der Waals surface area contributed by atoms with E-state index in [1.54, 1.807) is 21.3 Å². The standard InChI is InChI=1S/C12H24O4/c1-5-6-7-8-9-11(14-3)12(15-4)16-10-13-2/h5-10H2,1-4H3/b12-11-. The molecule has 0 aliphatic carbocycles. The first-order chi connectivity index (χ1) is 7.79. The summed E-state index contributed by atoms with van der Waals surface area (Å²) >= 11 is 0. The third-order valence-electron chi connectivity index (χ3n) is 2.22. The van der Waals surface area contributed by atoms with Crippen LogP contribution < -0.4 is 0 Å². The third-order valence-corrected chi connectivity index (χ3v) is 2.22. The number of rotatable bonds is 10. The highest BCUT2D eigenvalue weighted by atomic mass is 16.7. The van der Waals surface area contributed by atoms with Gasteiger partial charge in [-0.25, -0.2) is 0 Å². The second kappa shape index (κ2) is 10.6. The quantitative estimate of drug-likeness (QED) is 0.329. The minimum absolute atomic E-state index is 0.172. The Bertz CT molecular complexity index is 189. The minimum atomic E-state index is 0.172. The molecule has 0 saturated carbocycles. The van der Waals surface area contributed by atoms with Crippen molar-refractivity contribution in [3.05, 3.63) is 11.7 Å². The number of hydrogen-bond acceptors (Lipinski definition) is 4. The van der Waals surface area contributed by atoms with Crippen molar-refractivity contribution in [3.63, 3.8) is 0 Å². The van der Waals surface area contributed by atoms with Crippen molar-refractivity contribution in [2.45, 2.75) is 39.0 Å². The van der Waals surface area contributed by atoms with Gasteiger partial charge in [0.15, 0.2) is 12.6 Å². The molecule has 0 fully saturated rings. The molecule has 0 radical (unpaired) electrons. The highest BCUT2D eigenvalue weighted by Crippen LogP contribution is 2.16. The Morgan fingerprint density at radius 3 is 2.19 bits per heavy atom. The average molecular weight is 232 g/mol. The van der Waals surface area contributed by atoms with Crippen molar-refractivity contribution in [2.24, 2.45) is 0 Å². The molecule has 96 valence electrons. The van der Waals surface area contributed by atoms with E-state index in [1.165, 1.54) is 19.3 Å². The normalized spacial score (nSPS) is 12.0. The molecule has 0 aromatic rings. The fraction of sp³-hybridized carbons (Fsp3) is 0.833. The van der Waals surface area contributed by atoms with Crippen LogP contribution in [0.1, 0.15) is 39.0 Å². The van der Waals surface area contributed by atoms with E-state index in [-0.39, 0.29) is 6.79 Å². The predicted octanol–water partition coefficient (Wildman–Crippen LogP) is 3.04. The van der Waals surface area contributed by atoms with Gasteiger partial charge in [0.05, 0.1) is 14.2 Å². The summed E-state index contributed by atoms with van der Waals surface area (Å²) in [7, 11) is 4.77. The van der Waals surface area contributed by atoms with E-state index in [2.05, 4.69) is 6.92 Å². The molecule has 0 spiro atoms. The molecule has 16 heavy (non-hydrogen) atoms. The smallest absolute Gasteiger partial charge is 0.320 e. The summed E-state index contributed by atoms with van der Waals surface area (Å²) in [5.74, 6) is 1.16. The van der Waals surface area contributed by atoms with E-state index >= 15 is 0 Å². The second-order valence-corrected chi connectivity index (χ2v) is 3.48. The van der Waals surface area contributed by atoms with Gasteiger partial charge in [-0.3, -0.25) is 0 Å². The van der Waals surface area contributed by atoms with Crippen LogP contribution in [-0.2, 0) is 18.9 Å². The van der Waals surface area contributed by atoms with E-state index in [0.717, 1.165) is 18.6 Å². The number of methoxy groups -OCH3 is 3. The van der Waals surface area contributed by atoms with Crippen LogP contribution in [0.4, 0.5) is 0 Å². The summed E-state index contributed by atoms with van der Waals surface area (Å²) in [6.45, 7) is 2.36. The van der Waals surface area contributed by atoms with Gasteiger partial charge in [-0.15, -0.1) is 0 Å².